The lowest BCUT2D eigenvalue weighted by Crippen LogP contribution is -1.97. The first kappa shape index (κ1) is 14.9. The minimum Gasteiger partial charge on any atom is -0.493 e. The molecule has 3 rings (SSSR count). The Labute approximate surface area is 131 Å². The molecule has 0 radical (unpaired) electrons. The van der Waals surface area contributed by atoms with Gasteiger partial charge in [-0.25, -0.2) is 4.39 Å². The van der Waals surface area contributed by atoms with Gasteiger partial charge in [-0.15, -0.1) is 10.2 Å². The number of aromatic hydroxyl groups is 1. The Morgan fingerprint density at radius 2 is 1.96 bits per heavy atom. The zero-order chi connectivity index (χ0) is 16.4. The predicted molar refractivity (Wildman–Crippen MR) is 84.3 cm³/mol. The number of halogens is 1. The van der Waals surface area contributed by atoms with Gasteiger partial charge in [-0.1, -0.05) is 30.3 Å². The lowest BCUT2D eigenvalue weighted by molar-refractivity contribution is -0.117. The van der Waals surface area contributed by atoms with Crippen molar-refractivity contribution in [2.24, 2.45) is 10.2 Å². The van der Waals surface area contributed by atoms with Crippen LogP contribution in [0.15, 0.2) is 52.7 Å². The standard InChI is InChI=1S/C17H14FN3O2/c1-10-3-2-4-13-15(10)19-17(23)16(13)21-20-14(22)9-11-5-7-12(18)8-6-11/h2-8,19,23H,9H2,1H3. The van der Waals surface area contributed by atoms with Gasteiger partial charge < -0.3 is 10.1 Å². The fraction of sp³-hybridized carbons (Fsp3) is 0.118. The molecule has 0 bridgehead atoms. The Bertz CT molecular complexity index is 898. The second-order valence-electron chi connectivity index (χ2n) is 5.22. The lowest BCUT2D eigenvalue weighted by Gasteiger charge is -1.96. The van der Waals surface area contributed by atoms with E-state index in [0.29, 0.717) is 10.9 Å². The van der Waals surface area contributed by atoms with Gasteiger partial charge in [0.25, 0.3) is 5.91 Å². The fourth-order valence-corrected chi connectivity index (χ4v) is 2.36. The number of hydrogen-bond acceptors (Lipinski definition) is 3. The van der Waals surface area contributed by atoms with Crippen molar-refractivity contribution in [1.29, 1.82) is 0 Å². The summed E-state index contributed by atoms with van der Waals surface area (Å²) in [5.74, 6) is -0.965. The summed E-state index contributed by atoms with van der Waals surface area (Å²) in [5.41, 5.74) is 2.59. The number of aromatic nitrogens is 1. The number of aromatic amines is 1. The van der Waals surface area contributed by atoms with E-state index in [1.54, 1.807) is 6.07 Å². The van der Waals surface area contributed by atoms with Crippen LogP contribution in [0.5, 0.6) is 5.88 Å². The molecule has 0 saturated carbocycles. The van der Waals surface area contributed by atoms with E-state index in [9.17, 15) is 14.3 Å². The number of hydrogen-bond donors (Lipinski definition) is 2. The zero-order valence-electron chi connectivity index (χ0n) is 12.4. The molecule has 0 atom stereocenters. The van der Waals surface area contributed by atoms with E-state index in [-0.39, 0.29) is 23.8 Å². The SMILES string of the molecule is Cc1cccc2c(N=NC(=O)Cc3ccc(F)cc3)c(O)[nH]c12. The summed E-state index contributed by atoms with van der Waals surface area (Å²) in [7, 11) is 0. The Morgan fingerprint density at radius 3 is 2.70 bits per heavy atom. The van der Waals surface area contributed by atoms with Crippen LogP contribution in [0.4, 0.5) is 10.1 Å². The van der Waals surface area contributed by atoms with E-state index in [2.05, 4.69) is 15.2 Å². The predicted octanol–water partition coefficient (Wildman–Crippen LogP) is 4.17. The summed E-state index contributed by atoms with van der Waals surface area (Å²) in [6.07, 6.45) is 0.0198. The van der Waals surface area contributed by atoms with Gasteiger partial charge >= 0.3 is 0 Å². The molecule has 5 nitrogen and oxygen atoms in total. The molecule has 0 fully saturated rings. The zero-order valence-corrected chi connectivity index (χ0v) is 12.4. The van der Waals surface area contributed by atoms with E-state index >= 15 is 0 Å². The van der Waals surface area contributed by atoms with Crippen LogP contribution in [-0.4, -0.2) is 16.0 Å². The van der Waals surface area contributed by atoms with Crippen molar-refractivity contribution < 1.29 is 14.3 Å². The third kappa shape index (κ3) is 3.11. The number of azo groups is 1. The van der Waals surface area contributed by atoms with Gasteiger partial charge in [0, 0.05) is 5.39 Å². The third-order valence-electron chi connectivity index (χ3n) is 3.53. The van der Waals surface area contributed by atoms with Crippen LogP contribution >= 0.6 is 0 Å². The van der Waals surface area contributed by atoms with Crippen LogP contribution in [0.2, 0.25) is 0 Å². The number of H-pyrrole nitrogens is 1. The smallest absolute Gasteiger partial charge is 0.269 e. The molecule has 1 heterocycles. The summed E-state index contributed by atoms with van der Waals surface area (Å²) < 4.78 is 12.8. The summed E-state index contributed by atoms with van der Waals surface area (Å²) in [6.45, 7) is 1.90. The van der Waals surface area contributed by atoms with E-state index in [1.165, 1.54) is 24.3 Å². The first-order chi connectivity index (χ1) is 11.0. The summed E-state index contributed by atoms with van der Waals surface area (Å²) in [6, 6.07) is 11.1. The second kappa shape index (κ2) is 6.00. The van der Waals surface area contributed by atoms with Crippen molar-refractivity contribution >= 4 is 22.5 Å². The number of benzene rings is 2. The van der Waals surface area contributed by atoms with Crippen molar-refractivity contribution in [3.8, 4) is 5.88 Å². The number of carbonyl (C=O) groups excluding carboxylic acids is 1. The molecule has 3 aromatic rings. The topological polar surface area (TPSA) is 77.8 Å². The monoisotopic (exact) mass is 311 g/mol. The largest absolute Gasteiger partial charge is 0.493 e. The first-order valence-corrected chi connectivity index (χ1v) is 7.04. The van der Waals surface area contributed by atoms with E-state index < -0.39 is 5.91 Å². The molecular formula is C17H14FN3O2. The number of fused-ring (bicyclic) bond motifs is 1. The molecule has 116 valence electrons. The molecule has 2 N–H and O–H groups in total. The minimum absolute atomic E-state index is 0.0198. The van der Waals surface area contributed by atoms with E-state index in [4.69, 9.17) is 0 Å². The Morgan fingerprint density at radius 1 is 1.22 bits per heavy atom. The quantitative estimate of drug-likeness (QED) is 0.712. The maximum absolute atomic E-state index is 12.8. The molecule has 0 spiro atoms. The normalized spacial score (nSPS) is 11.4. The van der Waals surface area contributed by atoms with Crippen molar-refractivity contribution in [1.82, 2.24) is 4.98 Å². The van der Waals surface area contributed by atoms with Crippen LogP contribution in [0.1, 0.15) is 11.1 Å². The summed E-state index contributed by atoms with van der Waals surface area (Å²) in [5, 5.41) is 18.1. The van der Waals surface area contributed by atoms with Gasteiger partial charge in [0.05, 0.1) is 11.9 Å². The molecule has 0 saturated heterocycles. The number of carbonyl (C=O) groups is 1. The Hall–Kier alpha value is -3.02. The highest BCUT2D eigenvalue weighted by Gasteiger charge is 2.12. The molecule has 0 unspecified atom stereocenters. The fourth-order valence-electron chi connectivity index (χ4n) is 2.36. The van der Waals surface area contributed by atoms with Gasteiger partial charge in [-0.3, -0.25) is 4.79 Å². The molecule has 0 aliphatic rings. The van der Waals surface area contributed by atoms with Crippen molar-refractivity contribution in [2.75, 3.05) is 0 Å². The highest BCUT2D eigenvalue weighted by Crippen LogP contribution is 2.36. The molecule has 1 amide bonds. The Kier molecular flexibility index (Phi) is 3.89. The lowest BCUT2D eigenvalue weighted by atomic mass is 10.1. The maximum Gasteiger partial charge on any atom is 0.269 e. The van der Waals surface area contributed by atoms with Gasteiger partial charge in [-0.2, -0.15) is 0 Å². The highest BCUT2D eigenvalue weighted by molar-refractivity contribution is 5.96. The van der Waals surface area contributed by atoms with Crippen molar-refractivity contribution in [2.45, 2.75) is 13.3 Å². The second-order valence-corrected chi connectivity index (χ2v) is 5.22. The number of nitrogens with zero attached hydrogens (tertiary/aromatic N) is 2. The number of para-hydroxylation sites is 1. The van der Waals surface area contributed by atoms with Crippen LogP contribution in [-0.2, 0) is 11.2 Å². The van der Waals surface area contributed by atoms with Crippen molar-refractivity contribution in [3.63, 3.8) is 0 Å². The van der Waals surface area contributed by atoms with E-state index in [1.807, 2.05) is 19.1 Å². The molecule has 1 aromatic heterocycles. The summed E-state index contributed by atoms with van der Waals surface area (Å²) in [4.78, 5) is 14.7. The molecule has 23 heavy (non-hydrogen) atoms. The van der Waals surface area contributed by atoms with Crippen LogP contribution < -0.4 is 0 Å². The Balaban J connectivity index is 1.82. The molecule has 2 aromatic carbocycles. The maximum atomic E-state index is 12.8. The summed E-state index contributed by atoms with van der Waals surface area (Å²) >= 11 is 0. The average molecular weight is 311 g/mol. The van der Waals surface area contributed by atoms with Crippen LogP contribution in [0.25, 0.3) is 10.9 Å². The van der Waals surface area contributed by atoms with Gasteiger partial charge in [-0.05, 0) is 30.2 Å². The van der Waals surface area contributed by atoms with E-state index in [0.717, 1.165) is 11.1 Å². The molecular weight excluding hydrogens is 297 g/mol. The van der Waals surface area contributed by atoms with Gasteiger partial charge in [0.1, 0.15) is 5.82 Å². The van der Waals surface area contributed by atoms with Gasteiger partial charge in [0.15, 0.2) is 5.69 Å². The van der Waals surface area contributed by atoms with Crippen LogP contribution in [0, 0.1) is 12.7 Å². The highest BCUT2D eigenvalue weighted by atomic mass is 19.1. The number of aryl methyl sites for hydroxylation is 1. The number of nitrogens with one attached hydrogen (secondary N) is 1. The van der Waals surface area contributed by atoms with Crippen LogP contribution in [0.3, 0.4) is 0 Å². The third-order valence-corrected chi connectivity index (χ3v) is 3.53. The molecule has 0 aliphatic carbocycles. The molecule has 6 heteroatoms. The number of rotatable bonds is 3. The molecule has 0 aliphatic heterocycles. The van der Waals surface area contributed by atoms with Gasteiger partial charge in [0.2, 0.25) is 5.88 Å². The minimum atomic E-state index is -0.474. The van der Waals surface area contributed by atoms with Crippen molar-refractivity contribution in [3.05, 3.63) is 59.4 Å². The number of amides is 1. The average Bonchev–Trinajstić information content (AvgIpc) is 2.85. The first-order valence-electron chi connectivity index (χ1n) is 7.04.